The van der Waals surface area contributed by atoms with Crippen LogP contribution in [0.15, 0.2) is 54.6 Å². The first-order valence-electron chi connectivity index (χ1n) is 8.85. The van der Waals surface area contributed by atoms with E-state index in [9.17, 15) is 9.59 Å². The zero-order valence-corrected chi connectivity index (χ0v) is 15.9. The molecule has 0 radical (unpaired) electrons. The van der Waals surface area contributed by atoms with Crippen LogP contribution in [0.5, 0.6) is 0 Å². The van der Waals surface area contributed by atoms with Crippen molar-refractivity contribution in [1.82, 2.24) is 0 Å². The van der Waals surface area contributed by atoms with E-state index in [-0.39, 0.29) is 17.0 Å². The van der Waals surface area contributed by atoms with Gasteiger partial charge in [0.2, 0.25) is 0 Å². The van der Waals surface area contributed by atoms with Crippen molar-refractivity contribution in [3.8, 4) is 11.1 Å². The molecule has 0 aromatic heterocycles. The van der Waals surface area contributed by atoms with Crippen molar-refractivity contribution in [2.45, 2.75) is 47.5 Å². The van der Waals surface area contributed by atoms with Gasteiger partial charge in [-0.3, -0.25) is 9.59 Å². The molecule has 0 bridgehead atoms. The number of Topliss-reactive ketones (excluding diaryl/α,β-unsaturated/α-hetero) is 2. The topological polar surface area (TPSA) is 34.1 Å². The monoisotopic (exact) mass is 336 g/mol. The second-order valence-corrected chi connectivity index (χ2v) is 8.33. The van der Waals surface area contributed by atoms with Crippen molar-refractivity contribution in [3.05, 3.63) is 60.2 Å². The first-order chi connectivity index (χ1) is 11.6. The van der Waals surface area contributed by atoms with Crippen LogP contribution in [0.3, 0.4) is 0 Å². The normalized spacial score (nSPS) is 12.0. The summed E-state index contributed by atoms with van der Waals surface area (Å²) < 4.78 is 0. The highest BCUT2D eigenvalue weighted by Gasteiger charge is 2.31. The molecule has 2 rings (SSSR count). The van der Waals surface area contributed by atoms with Gasteiger partial charge >= 0.3 is 0 Å². The van der Waals surface area contributed by atoms with E-state index in [0.717, 1.165) is 11.1 Å². The lowest BCUT2D eigenvalue weighted by Gasteiger charge is -2.25. The number of benzene rings is 2. The van der Waals surface area contributed by atoms with Crippen molar-refractivity contribution in [2.24, 2.45) is 10.8 Å². The lowest BCUT2D eigenvalue weighted by molar-refractivity contribution is -0.126. The van der Waals surface area contributed by atoms with E-state index in [1.807, 2.05) is 77.1 Å². The number of carbonyl (C=O) groups excluding carboxylic acids is 2. The lowest BCUT2D eigenvalue weighted by Crippen LogP contribution is -2.28. The van der Waals surface area contributed by atoms with Crippen LogP contribution in [0.2, 0.25) is 0 Å². The van der Waals surface area contributed by atoms with Gasteiger partial charge in [-0.15, -0.1) is 0 Å². The van der Waals surface area contributed by atoms with Gasteiger partial charge in [-0.2, -0.15) is 0 Å². The molecule has 0 unspecified atom stereocenters. The summed E-state index contributed by atoms with van der Waals surface area (Å²) in [7, 11) is 0. The van der Waals surface area contributed by atoms with Gasteiger partial charge in [0, 0.05) is 22.8 Å². The minimum absolute atomic E-state index is 0.0915. The Labute approximate surface area is 151 Å². The van der Waals surface area contributed by atoms with Crippen LogP contribution >= 0.6 is 0 Å². The van der Waals surface area contributed by atoms with Crippen molar-refractivity contribution in [1.29, 1.82) is 0 Å². The minimum atomic E-state index is -0.546. The van der Waals surface area contributed by atoms with Gasteiger partial charge in [0.05, 0.1) is 0 Å². The Balaban J connectivity index is 2.10. The van der Waals surface area contributed by atoms with E-state index >= 15 is 0 Å². The predicted octanol–water partition coefficient (Wildman–Crippen LogP) is 5.96. The van der Waals surface area contributed by atoms with Gasteiger partial charge in [0.15, 0.2) is 5.78 Å². The molecule has 0 spiro atoms. The third kappa shape index (κ3) is 4.88. The van der Waals surface area contributed by atoms with E-state index in [0.29, 0.717) is 18.4 Å². The van der Waals surface area contributed by atoms with E-state index in [4.69, 9.17) is 0 Å². The first kappa shape index (κ1) is 19.1. The van der Waals surface area contributed by atoms with Crippen LogP contribution in [0, 0.1) is 10.8 Å². The summed E-state index contributed by atoms with van der Waals surface area (Å²) in [4.78, 5) is 25.0. The molecule has 0 N–H and O–H groups in total. The van der Waals surface area contributed by atoms with Crippen molar-refractivity contribution in [2.75, 3.05) is 0 Å². The molecule has 0 aliphatic rings. The summed E-state index contributed by atoms with van der Waals surface area (Å²) in [6.07, 6.45) is 1.01. The fraction of sp³-hybridized carbons (Fsp3) is 0.391. The molecule has 2 nitrogen and oxygen atoms in total. The molecule has 0 fully saturated rings. The quantitative estimate of drug-likeness (QED) is 0.610. The predicted molar refractivity (Wildman–Crippen MR) is 104 cm³/mol. The zero-order valence-electron chi connectivity index (χ0n) is 15.9. The Kier molecular flexibility index (Phi) is 5.62. The lowest BCUT2D eigenvalue weighted by atomic mass is 9.77. The first-order valence-corrected chi connectivity index (χ1v) is 8.85. The maximum Gasteiger partial charge on any atom is 0.168 e. The van der Waals surface area contributed by atoms with E-state index in [2.05, 4.69) is 12.1 Å². The maximum atomic E-state index is 12.9. The Morgan fingerprint density at radius 1 is 0.760 bits per heavy atom. The molecular formula is C23H28O2. The highest BCUT2D eigenvalue weighted by Crippen LogP contribution is 2.31. The van der Waals surface area contributed by atoms with E-state index in [1.54, 1.807) is 0 Å². The second-order valence-electron chi connectivity index (χ2n) is 8.33. The average molecular weight is 336 g/mol. The molecule has 0 saturated heterocycles. The Morgan fingerprint density at radius 3 is 1.80 bits per heavy atom. The van der Waals surface area contributed by atoms with Crippen LogP contribution < -0.4 is 0 Å². The molecule has 25 heavy (non-hydrogen) atoms. The highest BCUT2D eigenvalue weighted by atomic mass is 16.1. The van der Waals surface area contributed by atoms with Gasteiger partial charge in [-0.25, -0.2) is 0 Å². The third-order valence-corrected chi connectivity index (χ3v) is 4.68. The Hall–Kier alpha value is -2.22. The van der Waals surface area contributed by atoms with Gasteiger partial charge in [-0.1, -0.05) is 89.2 Å². The smallest absolute Gasteiger partial charge is 0.168 e. The average Bonchev–Trinajstić information content (AvgIpc) is 2.59. The van der Waals surface area contributed by atoms with Crippen LogP contribution in [0.4, 0.5) is 0 Å². The molecule has 132 valence electrons. The molecule has 0 aliphatic carbocycles. The Bertz CT molecular complexity index is 732. The van der Waals surface area contributed by atoms with Gasteiger partial charge < -0.3 is 0 Å². The summed E-state index contributed by atoms with van der Waals surface area (Å²) in [5, 5.41) is 0. The fourth-order valence-corrected chi connectivity index (χ4v) is 2.75. The zero-order chi connectivity index (χ0) is 18.7. The summed E-state index contributed by atoms with van der Waals surface area (Å²) in [6, 6.07) is 17.8. The second kappa shape index (κ2) is 7.35. The molecule has 2 aromatic rings. The summed E-state index contributed by atoms with van der Waals surface area (Å²) in [5.41, 5.74) is 2.04. The van der Waals surface area contributed by atoms with E-state index in [1.165, 1.54) is 0 Å². The number of hydrogen-bond acceptors (Lipinski definition) is 2. The number of carbonyl (C=O) groups is 2. The number of ketones is 2. The van der Waals surface area contributed by atoms with Crippen LogP contribution in [0.25, 0.3) is 11.1 Å². The molecule has 2 heteroatoms. The summed E-state index contributed by atoms with van der Waals surface area (Å²) in [5.74, 6) is 0.293. The Morgan fingerprint density at radius 2 is 1.28 bits per heavy atom. The van der Waals surface area contributed by atoms with Crippen molar-refractivity contribution >= 4 is 11.6 Å². The molecular weight excluding hydrogens is 308 g/mol. The van der Waals surface area contributed by atoms with Crippen molar-refractivity contribution < 1.29 is 9.59 Å². The van der Waals surface area contributed by atoms with Gasteiger partial charge in [0.25, 0.3) is 0 Å². The third-order valence-electron chi connectivity index (χ3n) is 4.68. The molecule has 2 aromatic carbocycles. The van der Waals surface area contributed by atoms with Crippen LogP contribution in [0.1, 0.15) is 57.8 Å². The molecule has 0 heterocycles. The SMILES string of the molecule is CC(C)(C)C(=O)CCC(C)(C)C(=O)c1ccc(-c2ccccc2)cc1. The van der Waals surface area contributed by atoms with Crippen molar-refractivity contribution in [3.63, 3.8) is 0 Å². The number of hydrogen-bond donors (Lipinski definition) is 0. The summed E-state index contributed by atoms with van der Waals surface area (Å²) in [6.45, 7) is 9.62. The fourth-order valence-electron chi connectivity index (χ4n) is 2.75. The molecule has 0 atom stereocenters. The standard InChI is InChI=1S/C23H28O2/c1-22(2,3)20(24)15-16-23(4,5)21(25)19-13-11-18(12-14-19)17-9-7-6-8-10-17/h6-14H,15-16H2,1-5H3. The molecule has 0 saturated carbocycles. The minimum Gasteiger partial charge on any atom is -0.299 e. The van der Waals surface area contributed by atoms with Gasteiger partial charge in [0.1, 0.15) is 5.78 Å². The highest BCUT2D eigenvalue weighted by molar-refractivity contribution is 6.00. The van der Waals surface area contributed by atoms with Crippen LogP contribution in [-0.4, -0.2) is 11.6 Å². The largest absolute Gasteiger partial charge is 0.299 e. The molecule has 0 amide bonds. The van der Waals surface area contributed by atoms with Gasteiger partial charge in [-0.05, 0) is 17.5 Å². The van der Waals surface area contributed by atoms with Crippen LogP contribution in [-0.2, 0) is 4.79 Å². The molecule has 0 aliphatic heterocycles. The van der Waals surface area contributed by atoms with E-state index < -0.39 is 5.41 Å². The maximum absolute atomic E-state index is 12.9. The summed E-state index contributed by atoms with van der Waals surface area (Å²) >= 11 is 0. The number of rotatable bonds is 6.